The fourth-order valence-electron chi connectivity index (χ4n) is 3.28. The third-order valence-electron chi connectivity index (χ3n) is 5.04. The molecule has 0 aliphatic carbocycles. The number of amides is 4. The van der Waals surface area contributed by atoms with E-state index in [0.717, 1.165) is 10.5 Å². The molecule has 2 heterocycles. The van der Waals surface area contributed by atoms with Crippen molar-refractivity contribution in [2.24, 2.45) is 0 Å². The van der Waals surface area contributed by atoms with Crippen LogP contribution in [-0.4, -0.2) is 29.9 Å². The number of furan rings is 1. The lowest BCUT2D eigenvalue weighted by atomic mass is 10.1. The van der Waals surface area contributed by atoms with Crippen LogP contribution in [-0.2, 0) is 22.7 Å². The lowest BCUT2D eigenvalue weighted by Crippen LogP contribution is -2.53. The number of hydrogen-bond acceptors (Lipinski definition) is 6. The summed E-state index contributed by atoms with van der Waals surface area (Å²) < 4.78 is 17.1. The second kappa shape index (κ2) is 10.6. The fourth-order valence-corrected chi connectivity index (χ4v) is 4.03. The average molecular weight is 580 g/mol. The number of urea groups is 1. The number of methoxy groups -OCH3 is 1. The summed E-state index contributed by atoms with van der Waals surface area (Å²) in [4.78, 5) is 38.5. The number of hydrogen-bond donors (Lipinski definition) is 1. The monoisotopic (exact) mass is 578 g/mol. The van der Waals surface area contributed by atoms with Crippen LogP contribution in [0.1, 0.15) is 16.9 Å². The van der Waals surface area contributed by atoms with E-state index in [9.17, 15) is 14.4 Å². The summed E-state index contributed by atoms with van der Waals surface area (Å²) in [5, 5.41) is 3.03. The van der Waals surface area contributed by atoms with Crippen molar-refractivity contribution < 1.29 is 28.3 Å². The molecule has 0 radical (unpaired) electrons. The van der Waals surface area contributed by atoms with Gasteiger partial charge in [0.25, 0.3) is 11.8 Å². The molecule has 0 unspecified atom stereocenters. The predicted molar refractivity (Wildman–Crippen MR) is 132 cm³/mol. The first-order valence-corrected chi connectivity index (χ1v) is 11.7. The highest BCUT2D eigenvalue weighted by atomic mass is 79.9. The topological polar surface area (TPSA) is 98.1 Å². The van der Waals surface area contributed by atoms with Crippen LogP contribution < -0.4 is 14.8 Å². The van der Waals surface area contributed by atoms with Crippen molar-refractivity contribution in [3.63, 3.8) is 0 Å². The Hall–Kier alpha value is -3.27. The van der Waals surface area contributed by atoms with Crippen molar-refractivity contribution in [2.45, 2.75) is 13.2 Å². The molecule has 0 bridgehead atoms. The van der Waals surface area contributed by atoms with Gasteiger partial charge < -0.3 is 13.9 Å². The number of barbiturate groups is 1. The number of rotatable bonds is 7. The third-order valence-corrected chi connectivity index (χ3v) is 6.47. The van der Waals surface area contributed by atoms with Crippen LogP contribution >= 0.6 is 39.1 Å². The smallest absolute Gasteiger partial charge is 0.331 e. The molecule has 0 atom stereocenters. The molecule has 3 aromatic rings. The van der Waals surface area contributed by atoms with E-state index in [1.165, 1.54) is 19.4 Å². The number of nitrogens with zero attached hydrogens (tertiary/aromatic N) is 1. The van der Waals surface area contributed by atoms with E-state index in [1.54, 1.807) is 42.5 Å². The Kier molecular flexibility index (Phi) is 7.49. The molecule has 11 heteroatoms. The van der Waals surface area contributed by atoms with Crippen molar-refractivity contribution in [1.82, 2.24) is 10.2 Å². The Morgan fingerprint density at radius 1 is 1.09 bits per heavy atom. The summed E-state index contributed by atoms with van der Waals surface area (Å²) in [7, 11) is 1.47. The third kappa shape index (κ3) is 5.53. The van der Waals surface area contributed by atoms with E-state index in [0.29, 0.717) is 37.3 Å². The summed E-state index contributed by atoms with van der Waals surface area (Å²) in [6.45, 7) is 0.0825. The number of halogens is 3. The van der Waals surface area contributed by atoms with Crippen LogP contribution in [0.25, 0.3) is 6.08 Å². The van der Waals surface area contributed by atoms with Crippen molar-refractivity contribution >= 4 is 63.1 Å². The quantitative estimate of drug-likeness (QED) is 0.289. The van der Waals surface area contributed by atoms with Crippen molar-refractivity contribution in [3.05, 3.63) is 85.7 Å². The molecular weight excluding hydrogens is 563 g/mol. The van der Waals surface area contributed by atoms with Crippen LogP contribution in [0.4, 0.5) is 4.79 Å². The van der Waals surface area contributed by atoms with Crippen molar-refractivity contribution in [2.75, 3.05) is 7.11 Å². The van der Waals surface area contributed by atoms with Gasteiger partial charge in [-0.25, -0.2) is 4.79 Å². The Morgan fingerprint density at radius 3 is 2.57 bits per heavy atom. The number of carbonyl (C=O) groups is 3. The van der Waals surface area contributed by atoms with E-state index in [-0.39, 0.29) is 18.7 Å². The van der Waals surface area contributed by atoms with Gasteiger partial charge in [0.2, 0.25) is 0 Å². The van der Waals surface area contributed by atoms with Gasteiger partial charge in [-0.3, -0.25) is 19.8 Å². The summed E-state index contributed by atoms with van der Waals surface area (Å²) in [5.74, 6) is -0.370. The Bertz CT molecular complexity index is 1340. The number of nitrogens with one attached hydrogen (secondary N) is 1. The maximum absolute atomic E-state index is 13.0. The zero-order chi connectivity index (χ0) is 25.1. The highest BCUT2D eigenvalue weighted by Gasteiger charge is 2.36. The van der Waals surface area contributed by atoms with Gasteiger partial charge in [0.1, 0.15) is 17.9 Å². The van der Waals surface area contributed by atoms with E-state index in [2.05, 4.69) is 21.2 Å². The molecule has 4 amide bonds. The summed E-state index contributed by atoms with van der Waals surface area (Å²) in [6.07, 6.45) is 2.80. The van der Waals surface area contributed by atoms with Crippen LogP contribution in [0.5, 0.6) is 11.5 Å². The number of imide groups is 2. The van der Waals surface area contributed by atoms with Crippen LogP contribution in [0.15, 0.2) is 63.2 Å². The second-order valence-corrected chi connectivity index (χ2v) is 9.02. The van der Waals surface area contributed by atoms with Crippen LogP contribution in [0, 0.1) is 0 Å². The van der Waals surface area contributed by atoms with Crippen molar-refractivity contribution in [3.8, 4) is 11.5 Å². The number of ether oxygens (including phenoxy) is 2. The zero-order valence-corrected chi connectivity index (χ0v) is 21.2. The maximum atomic E-state index is 13.0. The van der Waals surface area contributed by atoms with Crippen LogP contribution in [0.3, 0.4) is 0 Å². The van der Waals surface area contributed by atoms with E-state index in [4.69, 9.17) is 37.1 Å². The minimum absolute atomic E-state index is 0.117. The predicted octanol–water partition coefficient (Wildman–Crippen LogP) is 5.60. The summed E-state index contributed by atoms with van der Waals surface area (Å²) in [5.41, 5.74) is 1.05. The molecule has 1 aromatic heterocycles. The molecule has 0 saturated carbocycles. The van der Waals surface area contributed by atoms with Gasteiger partial charge in [0.15, 0.2) is 11.5 Å². The molecule has 35 heavy (non-hydrogen) atoms. The van der Waals surface area contributed by atoms with Gasteiger partial charge in [-0.1, -0.05) is 45.2 Å². The molecule has 1 aliphatic rings. The summed E-state index contributed by atoms with van der Waals surface area (Å²) >= 11 is 15.5. The molecule has 1 saturated heterocycles. The summed E-state index contributed by atoms with van der Waals surface area (Å²) in [6, 6.07) is 10.9. The van der Waals surface area contributed by atoms with Gasteiger partial charge in [0.05, 0.1) is 30.0 Å². The Labute approximate surface area is 218 Å². The highest BCUT2D eigenvalue weighted by molar-refractivity contribution is 9.10. The minimum Gasteiger partial charge on any atom is -0.493 e. The van der Waals surface area contributed by atoms with E-state index in [1.807, 2.05) is 0 Å². The Morgan fingerprint density at radius 2 is 1.89 bits per heavy atom. The molecule has 0 spiro atoms. The fraction of sp³-hybridized carbons (Fsp3) is 0.125. The molecule has 1 fully saturated rings. The number of benzene rings is 2. The van der Waals surface area contributed by atoms with E-state index >= 15 is 0 Å². The molecule has 2 aromatic carbocycles. The average Bonchev–Trinajstić information content (AvgIpc) is 3.34. The SMILES string of the molecule is COc1cc(/C=C2\C(=O)NC(=O)N(Cc3ccco3)C2=O)c(Br)cc1OCc1ccc(Cl)c(Cl)c1. The minimum atomic E-state index is -0.823. The molecule has 1 aliphatic heterocycles. The first kappa shape index (κ1) is 24.8. The second-order valence-electron chi connectivity index (χ2n) is 7.35. The van der Waals surface area contributed by atoms with E-state index < -0.39 is 17.8 Å². The van der Waals surface area contributed by atoms with Gasteiger partial charge >= 0.3 is 6.03 Å². The normalized spacial score (nSPS) is 14.9. The molecule has 180 valence electrons. The molecular formula is C24H17BrCl2N2O6. The maximum Gasteiger partial charge on any atom is 0.331 e. The van der Waals surface area contributed by atoms with Gasteiger partial charge in [-0.2, -0.15) is 0 Å². The van der Waals surface area contributed by atoms with Crippen LogP contribution in [0.2, 0.25) is 10.0 Å². The Balaban J connectivity index is 1.59. The molecule has 1 N–H and O–H groups in total. The van der Waals surface area contributed by atoms with Gasteiger partial charge in [-0.05, 0) is 53.6 Å². The first-order chi connectivity index (χ1) is 16.8. The lowest BCUT2D eigenvalue weighted by Gasteiger charge is -2.25. The van der Waals surface area contributed by atoms with Gasteiger partial charge in [0, 0.05) is 4.47 Å². The highest BCUT2D eigenvalue weighted by Crippen LogP contribution is 2.36. The lowest BCUT2D eigenvalue weighted by molar-refractivity contribution is -0.130. The largest absolute Gasteiger partial charge is 0.493 e. The van der Waals surface area contributed by atoms with Crippen molar-refractivity contribution in [1.29, 1.82) is 0 Å². The number of carbonyl (C=O) groups excluding carboxylic acids is 3. The zero-order valence-electron chi connectivity index (χ0n) is 18.1. The standard InChI is InChI=1S/C24H17BrCl2N2O6/c1-33-20-9-14(17(25)10-21(20)35-12-13-4-5-18(26)19(27)7-13)8-16-22(30)28-24(32)29(23(16)31)11-15-3-2-6-34-15/h2-10H,11-12H2,1H3,(H,28,30,32)/b16-8+. The first-order valence-electron chi connectivity index (χ1n) is 10.1. The molecule has 8 nitrogen and oxygen atoms in total. The molecule has 4 rings (SSSR count). The van der Waals surface area contributed by atoms with Gasteiger partial charge in [-0.15, -0.1) is 0 Å².